The monoisotopic (exact) mass is 264 g/mol. The quantitative estimate of drug-likeness (QED) is 0.701. The van der Waals surface area contributed by atoms with Gasteiger partial charge in [0.15, 0.2) is 5.82 Å². The topological polar surface area (TPSA) is 119 Å². The van der Waals surface area contributed by atoms with Gasteiger partial charge in [0, 0.05) is 13.6 Å². The summed E-state index contributed by atoms with van der Waals surface area (Å²) in [6, 6.07) is 0. The molecule has 3 N–H and O–H groups in total. The van der Waals surface area contributed by atoms with Gasteiger partial charge in [-0.1, -0.05) is 5.21 Å². The molecule has 0 fully saturated rings. The van der Waals surface area contributed by atoms with E-state index >= 15 is 0 Å². The van der Waals surface area contributed by atoms with Gasteiger partial charge in [0.25, 0.3) is 0 Å². The third kappa shape index (κ3) is 3.35. The Morgan fingerprint density at radius 3 is 2.95 bits per heavy atom. The number of hydrogen-bond donors (Lipinski definition) is 2. The predicted octanol–water partition coefficient (Wildman–Crippen LogP) is -1.18. The molecular formula is C10H16N8O. The Bertz CT molecular complexity index is 559. The van der Waals surface area contributed by atoms with Gasteiger partial charge in [-0.15, -0.1) is 5.10 Å². The maximum atomic E-state index is 12.0. The Labute approximate surface area is 109 Å². The van der Waals surface area contributed by atoms with Crippen molar-refractivity contribution < 1.29 is 4.79 Å². The summed E-state index contributed by atoms with van der Waals surface area (Å²) in [6.45, 7) is 2.58. The number of rotatable bonds is 5. The first-order chi connectivity index (χ1) is 9.08. The van der Waals surface area contributed by atoms with Crippen LogP contribution in [0.25, 0.3) is 0 Å². The van der Waals surface area contributed by atoms with E-state index < -0.39 is 0 Å². The molecule has 9 heteroatoms. The fraction of sp³-hybridized carbons (Fsp3) is 0.500. The van der Waals surface area contributed by atoms with Gasteiger partial charge in [0.2, 0.25) is 5.91 Å². The minimum Gasteiger partial charge on any atom is -0.337 e. The predicted molar refractivity (Wildman–Crippen MR) is 65.5 cm³/mol. The summed E-state index contributed by atoms with van der Waals surface area (Å²) in [5.41, 5.74) is 6.08. The second-order valence-electron chi connectivity index (χ2n) is 4.20. The van der Waals surface area contributed by atoms with Crippen molar-refractivity contribution in [1.29, 1.82) is 0 Å². The number of amides is 1. The normalized spacial score (nSPS) is 10.7. The Morgan fingerprint density at radius 1 is 1.58 bits per heavy atom. The summed E-state index contributed by atoms with van der Waals surface area (Å²) in [7, 11) is 1.69. The SMILES string of the molecule is Cc1nc(CN(C)C(=O)Cn2cc(CN)nn2)n[nH]1. The zero-order valence-electron chi connectivity index (χ0n) is 10.9. The van der Waals surface area contributed by atoms with E-state index in [2.05, 4.69) is 25.5 Å². The first kappa shape index (κ1) is 13.1. The molecule has 2 heterocycles. The molecule has 0 atom stereocenters. The van der Waals surface area contributed by atoms with E-state index in [1.807, 2.05) is 6.92 Å². The van der Waals surface area contributed by atoms with Gasteiger partial charge >= 0.3 is 0 Å². The molecule has 1 amide bonds. The first-order valence-corrected chi connectivity index (χ1v) is 5.79. The minimum absolute atomic E-state index is 0.101. The fourth-order valence-corrected chi connectivity index (χ4v) is 1.53. The Hall–Kier alpha value is -2.29. The molecule has 2 aromatic heterocycles. The van der Waals surface area contributed by atoms with E-state index in [4.69, 9.17) is 5.73 Å². The number of aromatic amines is 1. The van der Waals surface area contributed by atoms with Crippen molar-refractivity contribution in [2.75, 3.05) is 7.05 Å². The number of hydrogen-bond acceptors (Lipinski definition) is 6. The van der Waals surface area contributed by atoms with Gasteiger partial charge < -0.3 is 10.6 Å². The highest BCUT2D eigenvalue weighted by atomic mass is 16.2. The van der Waals surface area contributed by atoms with Crippen LogP contribution in [0.1, 0.15) is 17.3 Å². The zero-order chi connectivity index (χ0) is 13.8. The summed E-state index contributed by atoms with van der Waals surface area (Å²) >= 11 is 0. The number of nitrogens with one attached hydrogen (secondary N) is 1. The molecule has 0 aliphatic rings. The molecule has 19 heavy (non-hydrogen) atoms. The van der Waals surface area contributed by atoms with Crippen LogP contribution < -0.4 is 5.73 Å². The Kier molecular flexibility index (Phi) is 3.85. The van der Waals surface area contributed by atoms with E-state index in [9.17, 15) is 4.79 Å². The lowest BCUT2D eigenvalue weighted by molar-refractivity contribution is -0.131. The molecule has 0 unspecified atom stereocenters. The summed E-state index contributed by atoms with van der Waals surface area (Å²) in [6.07, 6.45) is 1.66. The maximum absolute atomic E-state index is 12.0. The van der Waals surface area contributed by atoms with Crippen LogP contribution in [-0.2, 0) is 24.4 Å². The lowest BCUT2D eigenvalue weighted by atomic mass is 10.4. The third-order valence-corrected chi connectivity index (χ3v) is 2.54. The number of H-pyrrole nitrogens is 1. The molecule has 2 rings (SSSR count). The van der Waals surface area contributed by atoms with Gasteiger partial charge in [-0.05, 0) is 6.92 Å². The van der Waals surface area contributed by atoms with Crippen LogP contribution >= 0.6 is 0 Å². The number of aryl methyl sites for hydroxylation is 1. The standard InChI is InChI=1S/C10H16N8O/c1-7-12-9(15-13-7)5-17(2)10(19)6-18-4-8(3-11)14-16-18/h4H,3,5-6,11H2,1-2H3,(H,12,13,15). The number of nitrogens with two attached hydrogens (primary N) is 1. The highest BCUT2D eigenvalue weighted by Gasteiger charge is 2.13. The molecule has 0 aliphatic carbocycles. The molecule has 0 aliphatic heterocycles. The summed E-state index contributed by atoms with van der Waals surface area (Å²) in [4.78, 5) is 17.6. The summed E-state index contributed by atoms with van der Waals surface area (Å²) in [5, 5.41) is 14.4. The van der Waals surface area contributed by atoms with Crippen molar-refractivity contribution >= 4 is 5.91 Å². The van der Waals surface area contributed by atoms with Crippen LogP contribution in [0.15, 0.2) is 6.20 Å². The van der Waals surface area contributed by atoms with E-state index in [0.29, 0.717) is 24.6 Å². The van der Waals surface area contributed by atoms with Gasteiger partial charge in [0.1, 0.15) is 12.4 Å². The second kappa shape index (κ2) is 5.57. The van der Waals surface area contributed by atoms with E-state index in [-0.39, 0.29) is 12.5 Å². The fourth-order valence-electron chi connectivity index (χ4n) is 1.53. The molecule has 0 saturated carbocycles. The van der Waals surface area contributed by atoms with Crippen LogP contribution in [0, 0.1) is 6.92 Å². The van der Waals surface area contributed by atoms with Gasteiger partial charge in [-0.25, -0.2) is 9.67 Å². The summed E-state index contributed by atoms with van der Waals surface area (Å²) in [5.74, 6) is 1.20. The number of nitrogens with zero attached hydrogens (tertiary/aromatic N) is 6. The molecular weight excluding hydrogens is 248 g/mol. The van der Waals surface area contributed by atoms with Crippen molar-refractivity contribution in [2.24, 2.45) is 5.73 Å². The highest BCUT2D eigenvalue weighted by Crippen LogP contribution is 1.99. The molecule has 0 aromatic carbocycles. The molecule has 0 radical (unpaired) electrons. The molecule has 9 nitrogen and oxygen atoms in total. The van der Waals surface area contributed by atoms with Crippen molar-refractivity contribution in [3.8, 4) is 0 Å². The van der Waals surface area contributed by atoms with Crippen molar-refractivity contribution in [3.05, 3.63) is 23.5 Å². The van der Waals surface area contributed by atoms with Crippen LogP contribution in [-0.4, -0.2) is 48.0 Å². The van der Waals surface area contributed by atoms with Crippen LogP contribution in [0.5, 0.6) is 0 Å². The zero-order valence-corrected chi connectivity index (χ0v) is 10.9. The van der Waals surface area contributed by atoms with Gasteiger partial charge in [-0.2, -0.15) is 5.10 Å². The maximum Gasteiger partial charge on any atom is 0.244 e. The highest BCUT2D eigenvalue weighted by molar-refractivity contribution is 5.75. The average molecular weight is 264 g/mol. The first-order valence-electron chi connectivity index (χ1n) is 5.79. The smallest absolute Gasteiger partial charge is 0.244 e. The van der Waals surface area contributed by atoms with Crippen LogP contribution in [0.2, 0.25) is 0 Å². The van der Waals surface area contributed by atoms with E-state index in [1.54, 1.807) is 13.2 Å². The number of carbonyl (C=O) groups is 1. The molecule has 102 valence electrons. The van der Waals surface area contributed by atoms with Gasteiger partial charge in [-0.3, -0.25) is 9.89 Å². The van der Waals surface area contributed by atoms with Crippen molar-refractivity contribution in [1.82, 2.24) is 35.1 Å². The van der Waals surface area contributed by atoms with Crippen LogP contribution in [0.4, 0.5) is 0 Å². The number of likely N-dealkylation sites (N-methyl/N-ethyl adjacent to an activating group) is 1. The molecule has 2 aromatic rings. The van der Waals surface area contributed by atoms with Crippen molar-refractivity contribution in [3.63, 3.8) is 0 Å². The van der Waals surface area contributed by atoms with Crippen molar-refractivity contribution in [2.45, 2.75) is 26.6 Å². The third-order valence-electron chi connectivity index (χ3n) is 2.54. The molecule has 0 bridgehead atoms. The lowest BCUT2D eigenvalue weighted by Crippen LogP contribution is -2.30. The lowest BCUT2D eigenvalue weighted by Gasteiger charge is -2.14. The number of aromatic nitrogens is 6. The van der Waals surface area contributed by atoms with Crippen LogP contribution in [0.3, 0.4) is 0 Å². The van der Waals surface area contributed by atoms with E-state index in [1.165, 1.54) is 9.58 Å². The van der Waals surface area contributed by atoms with E-state index in [0.717, 1.165) is 5.82 Å². The number of carbonyl (C=O) groups excluding carboxylic acids is 1. The summed E-state index contributed by atoms with van der Waals surface area (Å²) < 4.78 is 1.46. The molecule has 0 saturated heterocycles. The minimum atomic E-state index is -0.101. The second-order valence-corrected chi connectivity index (χ2v) is 4.20. The Morgan fingerprint density at radius 2 is 2.37 bits per heavy atom. The average Bonchev–Trinajstić information content (AvgIpc) is 2.98. The Balaban J connectivity index is 1.91. The largest absolute Gasteiger partial charge is 0.337 e. The van der Waals surface area contributed by atoms with Gasteiger partial charge in [0.05, 0.1) is 18.4 Å². The molecule has 0 spiro atoms.